The zero-order valence-corrected chi connectivity index (χ0v) is 11.1. The number of Topliss-reactive ketones (excluding diaryl/α,β-unsaturated/α-hetero) is 1. The standard InChI is InChI=1S/C12H7F3N4O4/c13-12(14,15)11(22)23-10-5-2-1-4(20)3-6(5)9(21)7-8(10)17-19-18-16-7/h1-2,10H,3H2,(H,16,19)(H,17,18). The van der Waals surface area contributed by atoms with E-state index in [1.807, 2.05) is 0 Å². The van der Waals surface area contributed by atoms with Crippen LogP contribution in [0.15, 0.2) is 45.1 Å². The summed E-state index contributed by atoms with van der Waals surface area (Å²) < 4.78 is 41.9. The zero-order valence-electron chi connectivity index (χ0n) is 11.1. The Kier molecular flexibility index (Phi) is 3.27. The lowest BCUT2D eigenvalue weighted by Gasteiger charge is -2.31. The highest BCUT2D eigenvalue weighted by Gasteiger charge is 2.46. The van der Waals surface area contributed by atoms with Gasteiger partial charge in [-0.25, -0.2) is 4.79 Å². The molecule has 0 fully saturated rings. The highest BCUT2D eigenvalue weighted by Crippen LogP contribution is 2.35. The summed E-state index contributed by atoms with van der Waals surface area (Å²) in [7, 11) is 0. The molecule has 0 saturated carbocycles. The van der Waals surface area contributed by atoms with Crippen molar-refractivity contribution >= 4 is 17.5 Å². The highest BCUT2D eigenvalue weighted by molar-refractivity contribution is 6.15. The molecule has 1 heterocycles. The fourth-order valence-electron chi connectivity index (χ4n) is 2.31. The first kappa shape index (κ1) is 14.9. The molecule has 0 saturated heterocycles. The number of carbonyl (C=O) groups is 3. The highest BCUT2D eigenvalue weighted by atomic mass is 19.4. The lowest BCUT2D eigenvalue weighted by Crippen LogP contribution is -2.43. The van der Waals surface area contributed by atoms with E-state index in [9.17, 15) is 27.6 Å². The van der Waals surface area contributed by atoms with E-state index in [1.54, 1.807) is 0 Å². The lowest BCUT2D eigenvalue weighted by atomic mass is 9.83. The van der Waals surface area contributed by atoms with Crippen molar-refractivity contribution < 1.29 is 32.3 Å². The molecule has 2 aliphatic carbocycles. The Bertz CT molecular complexity index is 748. The number of rotatable bonds is 1. The molecule has 2 N–H and O–H groups in total. The average Bonchev–Trinajstić information content (AvgIpc) is 2.50. The molecule has 120 valence electrons. The molecule has 0 aromatic rings. The van der Waals surface area contributed by atoms with Gasteiger partial charge >= 0.3 is 12.1 Å². The summed E-state index contributed by atoms with van der Waals surface area (Å²) in [6.07, 6.45) is -4.81. The SMILES string of the molecule is O=C1C=CC2=C(C1)C(=O)C1=C(NN=NN1)C2OC(=O)C(F)(F)F. The first-order valence-corrected chi connectivity index (χ1v) is 6.21. The van der Waals surface area contributed by atoms with Gasteiger partial charge in [0, 0.05) is 17.6 Å². The van der Waals surface area contributed by atoms with Crippen LogP contribution in [0.5, 0.6) is 0 Å². The van der Waals surface area contributed by atoms with Crippen molar-refractivity contribution in [3.63, 3.8) is 0 Å². The summed E-state index contributed by atoms with van der Waals surface area (Å²) in [5.74, 6) is -3.45. The molecule has 1 aliphatic heterocycles. The van der Waals surface area contributed by atoms with Gasteiger partial charge in [-0.3, -0.25) is 20.4 Å². The molecule has 0 spiro atoms. The van der Waals surface area contributed by atoms with E-state index in [1.165, 1.54) is 0 Å². The van der Waals surface area contributed by atoms with E-state index in [0.29, 0.717) is 0 Å². The molecule has 0 aromatic carbocycles. The predicted octanol–water partition coefficient (Wildman–Crippen LogP) is 0.555. The number of hydrogen-bond donors (Lipinski definition) is 2. The van der Waals surface area contributed by atoms with Gasteiger partial charge in [0.05, 0.1) is 0 Å². The van der Waals surface area contributed by atoms with Crippen LogP contribution < -0.4 is 10.9 Å². The van der Waals surface area contributed by atoms with Crippen molar-refractivity contribution in [1.82, 2.24) is 10.9 Å². The third kappa shape index (κ3) is 2.49. The predicted molar refractivity (Wildman–Crippen MR) is 64.9 cm³/mol. The molecule has 3 rings (SSSR count). The quantitative estimate of drug-likeness (QED) is 0.681. The van der Waals surface area contributed by atoms with E-state index >= 15 is 0 Å². The van der Waals surface area contributed by atoms with Crippen LogP contribution in [0, 0.1) is 0 Å². The molecule has 0 radical (unpaired) electrons. The Labute approximate surface area is 125 Å². The third-order valence-corrected chi connectivity index (χ3v) is 3.30. The Morgan fingerprint density at radius 3 is 2.61 bits per heavy atom. The number of allylic oxidation sites excluding steroid dienone is 2. The van der Waals surface area contributed by atoms with Gasteiger partial charge in [0.15, 0.2) is 11.9 Å². The minimum Gasteiger partial charge on any atom is -0.444 e. The minimum atomic E-state index is -5.21. The van der Waals surface area contributed by atoms with Gasteiger partial charge in [0.1, 0.15) is 11.4 Å². The fourth-order valence-corrected chi connectivity index (χ4v) is 2.31. The molecule has 0 bridgehead atoms. The minimum absolute atomic E-state index is 0.00245. The number of ketones is 2. The van der Waals surface area contributed by atoms with Crippen molar-refractivity contribution in [2.24, 2.45) is 10.4 Å². The van der Waals surface area contributed by atoms with Crippen LogP contribution >= 0.6 is 0 Å². The second-order valence-corrected chi connectivity index (χ2v) is 4.73. The number of esters is 1. The maximum Gasteiger partial charge on any atom is 0.490 e. The topological polar surface area (TPSA) is 109 Å². The monoisotopic (exact) mass is 328 g/mol. The van der Waals surface area contributed by atoms with Crippen molar-refractivity contribution in [2.75, 3.05) is 0 Å². The van der Waals surface area contributed by atoms with Crippen LogP contribution in [0.2, 0.25) is 0 Å². The maximum absolute atomic E-state index is 12.5. The Hall–Kier alpha value is -2.98. The largest absolute Gasteiger partial charge is 0.490 e. The van der Waals surface area contributed by atoms with E-state index < -0.39 is 29.8 Å². The second kappa shape index (κ2) is 5.04. The van der Waals surface area contributed by atoms with Crippen LogP contribution in [-0.2, 0) is 19.1 Å². The third-order valence-electron chi connectivity index (χ3n) is 3.30. The number of hydrogen-bond acceptors (Lipinski definition) is 8. The summed E-state index contributed by atoms with van der Waals surface area (Å²) in [5, 5.41) is 6.66. The number of alkyl halides is 3. The number of nitrogens with one attached hydrogen (secondary N) is 2. The summed E-state index contributed by atoms with van der Waals surface area (Å²) in [6, 6.07) is 0. The molecular formula is C12H7F3N4O4. The molecule has 23 heavy (non-hydrogen) atoms. The Balaban J connectivity index is 2.03. The smallest absolute Gasteiger partial charge is 0.444 e. The molecule has 8 nitrogen and oxygen atoms in total. The average molecular weight is 328 g/mol. The molecular weight excluding hydrogens is 321 g/mol. The summed E-state index contributed by atoms with van der Waals surface area (Å²) in [5.41, 5.74) is 4.05. The number of ether oxygens (including phenoxy) is 1. The maximum atomic E-state index is 12.5. The van der Waals surface area contributed by atoms with Crippen LogP contribution in [0.4, 0.5) is 13.2 Å². The first-order valence-electron chi connectivity index (χ1n) is 6.21. The van der Waals surface area contributed by atoms with Gasteiger partial charge in [-0.15, -0.1) is 0 Å². The molecule has 0 aromatic heterocycles. The van der Waals surface area contributed by atoms with Crippen molar-refractivity contribution in [3.8, 4) is 0 Å². The summed E-state index contributed by atoms with van der Waals surface area (Å²) >= 11 is 0. The van der Waals surface area contributed by atoms with Crippen molar-refractivity contribution in [1.29, 1.82) is 0 Å². The van der Waals surface area contributed by atoms with Gasteiger partial charge in [-0.2, -0.15) is 13.2 Å². The van der Waals surface area contributed by atoms with E-state index in [2.05, 4.69) is 26.0 Å². The van der Waals surface area contributed by atoms with Crippen LogP contribution in [0.3, 0.4) is 0 Å². The van der Waals surface area contributed by atoms with Gasteiger partial charge < -0.3 is 4.74 Å². The van der Waals surface area contributed by atoms with Gasteiger partial charge in [0.2, 0.25) is 5.78 Å². The molecule has 11 heteroatoms. The summed E-state index contributed by atoms with van der Waals surface area (Å²) in [6.45, 7) is 0. The molecule has 1 unspecified atom stereocenters. The zero-order chi connectivity index (χ0) is 16.8. The van der Waals surface area contributed by atoms with Crippen LogP contribution in [-0.4, -0.2) is 29.8 Å². The van der Waals surface area contributed by atoms with E-state index in [0.717, 1.165) is 12.2 Å². The normalized spacial score (nSPS) is 23.2. The molecule has 3 aliphatic rings. The Morgan fingerprint density at radius 1 is 1.22 bits per heavy atom. The van der Waals surface area contributed by atoms with Crippen molar-refractivity contribution in [2.45, 2.75) is 18.7 Å². The second-order valence-electron chi connectivity index (χ2n) is 4.73. The number of carbonyl (C=O) groups excluding carboxylic acids is 3. The fraction of sp³-hybridized carbons (Fsp3) is 0.250. The van der Waals surface area contributed by atoms with Crippen LogP contribution in [0.25, 0.3) is 0 Å². The first-order chi connectivity index (χ1) is 10.8. The van der Waals surface area contributed by atoms with E-state index in [4.69, 9.17) is 0 Å². The van der Waals surface area contributed by atoms with Crippen molar-refractivity contribution in [3.05, 3.63) is 34.7 Å². The summed E-state index contributed by atoms with van der Waals surface area (Å²) in [4.78, 5) is 34.9. The molecule has 0 amide bonds. The Morgan fingerprint density at radius 2 is 1.91 bits per heavy atom. The van der Waals surface area contributed by atoms with Gasteiger partial charge in [-0.05, 0) is 6.08 Å². The van der Waals surface area contributed by atoms with E-state index in [-0.39, 0.29) is 29.0 Å². The lowest BCUT2D eigenvalue weighted by molar-refractivity contribution is -0.202. The van der Waals surface area contributed by atoms with Gasteiger partial charge in [0.25, 0.3) is 0 Å². The molecule has 1 atom stereocenters. The number of nitrogens with zero attached hydrogens (tertiary/aromatic N) is 2. The van der Waals surface area contributed by atoms with Gasteiger partial charge in [-0.1, -0.05) is 16.5 Å². The number of halogens is 3. The van der Waals surface area contributed by atoms with Crippen LogP contribution in [0.1, 0.15) is 6.42 Å².